The third-order valence-corrected chi connectivity index (χ3v) is 1.39. The van der Waals surface area contributed by atoms with E-state index in [4.69, 9.17) is 0 Å². The average Bonchev–Trinajstić information content (AvgIpc) is 1.90. The first kappa shape index (κ1) is 6.01. The number of nitrogens with zero attached hydrogens (tertiary/aromatic N) is 1. The summed E-state index contributed by atoms with van der Waals surface area (Å²) in [5.41, 5.74) is 0. The molecule has 1 aliphatic heterocycles. The summed E-state index contributed by atoms with van der Waals surface area (Å²) in [5, 5.41) is 13.4. The van der Waals surface area contributed by atoms with Gasteiger partial charge in [-0.15, -0.1) is 0 Å². The highest BCUT2D eigenvalue weighted by atomic mass is 16.3. The van der Waals surface area contributed by atoms with Crippen molar-refractivity contribution in [1.82, 2.24) is 10.2 Å². The topological polar surface area (TPSA) is 35.2 Å². The van der Waals surface area contributed by atoms with Crippen LogP contribution in [0.25, 0.3) is 0 Å². The lowest BCUT2D eigenvalue weighted by Gasteiger charge is -2.23. The lowest BCUT2D eigenvalue weighted by atomic mass is 10.4. The Balaban J connectivity index is 2.13. The van der Waals surface area contributed by atoms with Gasteiger partial charge >= 0.3 is 0 Å². The van der Waals surface area contributed by atoms with Crippen molar-refractivity contribution in [3.05, 3.63) is 0 Å². The zero-order valence-corrected chi connectivity index (χ0v) is 4.89. The molecule has 0 bridgehead atoms. The molecule has 3 heteroatoms. The van der Waals surface area contributed by atoms with Crippen LogP contribution in [0.4, 0.5) is 0 Å². The lowest BCUT2D eigenvalue weighted by Crippen LogP contribution is -2.43. The molecule has 0 aromatic carbocycles. The van der Waals surface area contributed by atoms with E-state index in [0.29, 0.717) is 0 Å². The van der Waals surface area contributed by atoms with Crippen molar-refractivity contribution in [2.45, 2.75) is 0 Å². The third-order valence-electron chi connectivity index (χ3n) is 1.39. The Labute approximate surface area is 49.3 Å². The van der Waals surface area contributed by atoms with Crippen LogP contribution in [0.2, 0.25) is 0 Å². The quantitative estimate of drug-likeness (QED) is 0.489. The molecular weight excluding hydrogens is 104 g/mol. The molecule has 0 aromatic heterocycles. The number of nitrogens with one attached hydrogen (secondary N) is 1. The largest absolute Gasteiger partial charge is 0.314 e. The first-order valence-electron chi connectivity index (χ1n) is 2.94. The van der Waals surface area contributed by atoms with Gasteiger partial charge in [-0.2, -0.15) is 0 Å². The van der Waals surface area contributed by atoms with E-state index in [1.807, 2.05) is 4.90 Å². The molecule has 0 aliphatic carbocycles. The molecule has 1 rings (SSSR count). The van der Waals surface area contributed by atoms with Crippen LogP contribution in [-0.2, 0) is 5.11 Å². The monoisotopic (exact) mass is 115 g/mol. The molecule has 1 heterocycles. The maximum atomic E-state index is 10.2. The second-order valence-corrected chi connectivity index (χ2v) is 2.00. The highest BCUT2D eigenvalue weighted by Crippen LogP contribution is 1.87. The summed E-state index contributed by atoms with van der Waals surface area (Å²) in [5.74, 6) is 0. The van der Waals surface area contributed by atoms with E-state index >= 15 is 0 Å². The summed E-state index contributed by atoms with van der Waals surface area (Å²) >= 11 is 0. The predicted octanol–water partition coefficient (Wildman–Crippen LogP) is -0.720. The molecule has 8 heavy (non-hydrogen) atoms. The van der Waals surface area contributed by atoms with E-state index in [0.717, 1.165) is 26.2 Å². The van der Waals surface area contributed by atoms with Crippen LogP contribution in [0.15, 0.2) is 0 Å². The van der Waals surface area contributed by atoms with Gasteiger partial charge in [0.2, 0.25) is 0 Å². The van der Waals surface area contributed by atoms with E-state index in [1.165, 1.54) is 0 Å². The van der Waals surface area contributed by atoms with Crippen molar-refractivity contribution in [1.29, 1.82) is 0 Å². The highest BCUT2D eigenvalue weighted by molar-refractivity contribution is 4.63. The Bertz CT molecular complexity index is 61.4. The van der Waals surface area contributed by atoms with Gasteiger partial charge in [0.05, 0.1) is 0 Å². The Kier molecular flexibility index (Phi) is 2.27. The number of hydrogen-bond acceptors (Lipinski definition) is 2. The fourth-order valence-electron chi connectivity index (χ4n) is 0.840. The average molecular weight is 115 g/mol. The van der Waals surface area contributed by atoms with Gasteiger partial charge < -0.3 is 5.32 Å². The molecule has 0 aromatic rings. The Morgan fingerprint density at radius 3 is 2.38 bits per heavy atom. The highest BCUT2D eigenvalue weighted by Gasteiger charge is 2.06. The van der Waals surface area contributed by atoms with Crippen molar-refractivity contribution in [2.75, 3.05) is 32.9 Å². The Hall–Kier alpha value is -0.120. The fourth-order valence-corrected chi connectivity index (χ4v) is 0.840. The molecule has 0 amide bonds. The molecule has 1 saturated heterocycles. The van der Waals surface area contributed by atoms with E-state index in [9.17, 15) is 5.11 Å². The molecule has 1 radical (unpaired) electrons. The summed E-state index contributed by atoms with van der Waals surface area (Å²) in [7, 11) is 0. The van der Waals surface area contributed by atoms with Gasteiger partial charge in [0.25, 0.3) is 0 Å². The zero-order chi connectivity index (χ0) is 5.82. The minimum atomic E-state index is -0.0400. The second-order valence-electron chi connectivity index (χ2n) is 2.00. The number of hydrogen-bond donors (Lipinski definition) is 1. The van der Waals surface area contributed by atoms with Crippen LogP contribution >= 0.6 is 0 Å². The summed E-state index contributed by atoms with van der Waals surface area (Å²) in [4.78, 5) is 1.90. The maximum Gasteiger partial charge on any atom is 0.135 e. The van der Waals surface area contributed by atoms with Gasteiger partial charge in [0.15, 0.2) is 0 Å². The van der Waals surface area contributed by atoms with Crippen molar-refractivity contribution < 1.29 is 5.11 Å². The smallest absolute Gasteiger partial charge is 0.135 e. The first-order valence-corrected chi connectivity index (χ1v) is 2.94. The first-order chi connectivity index (χ1) is 3.93. The molecular formula is C5H11N2O. The van der Waals surface area contributed by atoms with Crippen molar-refractivity contribution in [3.8, 4) is 0 Å². The van der Waals surface area contributed by atoms with Gasteiger partial charge in [-0.3, -0.25) is 4.90 Å². The van der Waals surface area contributed by atoms with Crippen LogP contribution in [0, 0.1) is 0 Å². The van der Waals surface area contributed by atoms with Crippen LogP contribution in [-0.4, -0.2) is 37.8 Å². The minimum absolute atomic E-state index is 0.0400. The van der Waals surface area contributed by atoms with E-state index in [2.05, 4.69) is 5.32 Å². The van der Waals surface area contributed by atoms with Crippen LogP contribution < -0.4 is 5.32 Å². The van der Waals surface area contributed by atoms with E-state index in [1.54, 1.807) is 0 Å². The second kappa shape index (κ2) is 3.02. The molecule has 0 spiro atoms. The van der Waals surface area contributed by atoms with Gasteiger partial charge in [0, 0.05) is 26.2 Å². The summed E-state index contributed by atoms with van der Waals surface area (Å²) in [6, 6.07) is 0. The predicted molar refractivity (Wildman–Crippen MR) is 30.0 cm³/mol. The van der Waals surface area contributed by atoms with Crippen LogP contribution in [0.1, 0.15) is 0 Å². The molecule has 0 saturated carbocycles. The van der Waals surface area contributed by atoms with Crippen molar-refractivity contribution >= 4 is 0 Å². The molecule has 1 aliphatic rings. The number of rotatable bonds is 1. The fraction of sp³-hybridized carbons (Fsp3) is 1.00. The summed E-state index contributed by atoms with van der Waals surface area (Å²) in [6.45, 7) is 3.75. The van der Waals surface area contributed by atoms with Crippen LogP contribution in [0.5, 0.6) is 0 Å². The normalized spacial score (nSPS) is 23.6. The van der Waals surface area contributed by atoms with Crippen LogP contribution in [0.3, 0.4) is 0 Å². The van der Waals surface area contributed by atoms with E-state index in [-0.39, 0.29) is 6.73 Å². The molecule has 3 nitrogen and oxygen atoms in total. The number of piperazine rings is 1. The SMILES string of the molecule is [O]CN1CCNCC1. The minimum Gasteiger partial charge on any atom is -0.314 e. The van der Waals surface area contributed by atoms with Crippen molar-refractivity contribution in [3.63, 3.8) is 0 Å². The van der Waals surface area contributed by atoms with Gasteiger partial charge in [0.1, 0.15) is 6.73 Å². The zero-order valence-electron chi connectivity index (χ0n) is 4.89. The van der Waals surface area contributed by atoms with Gasteiger partial charge in [-0.05, 0) is 0 Å². The summed E-state index contributed by atoms with van der Waals surface area (Å²) in [6.07, 6.45) is 0. The molecule has 47 valence electrons. The Morgan fingerprint density at radius 2 is 2.00 bits per heavy atom. The standard InChI is InChI=1S/C5H11N2O/c8-5-7-3-1-6-2-4-7/h6H,1-5H2. The lowest BCUT2D eigenvalue weighted by molar-refractivity contribution is 0.0434. The van der Waals surface area contributed by atoms with Gasteiger partial charge in [-0.25, -0.2) is 5.11 Å². The molecule has 1 fully saturated rings. The van der Waals surface area contributed by atoms with Gasteiger partial charge in [-0.1, -0.05) is 0 Å². The molecule has 0 atom stereocenters. The van der Waals surface area contributed by atoms with Crippen molar-refractivity contribution in [2.24, 2.45) is 0 Å². The third kappa shape index (κ3) is 1.43. The Morgan fingerprint density at radius 1 is 1.38 bits per heavy atom. The molecule has 1 N–H and O–H groups in total. The summed E-state index contributed by atoms with van der Waals surface area (Å²) < 4.78 is 0. The maximum absolute atomic E-state index is 10.2. The molecule has 0 unspecified atom stereocenters. The van der Waals surface area contributed by atoms with E-state index < -0.39 is 0 Å².